The lowest BCUT2D eigenvalue weighted by molar-refractivity contribution is 0.0602. The fourth-order valence-corrected chi connectivity index (χ4v) is 2.13. The number of hydrogen-bond acceptors (Lipinski definition) is 6. The van der Waals surface area contributed by atoms with Crippen LogP contribution in [-0.2, 0) is 9.47 Å². The lowest BCUT2D eigenvalue weighted by Crippen LogP contribution is -2.15. The number of aromatic nitrogens is 1. The van der Waals surface area contributed by atoms with E-state index in [-0.39, 0.29) is 0 Å². The first-order valence-corrected chi connectivity index (χ1v) is 6.40. The van der Waals surface area contributed by atoms with Crippen LogP contribution in [0, 0.1) is 0 Å². The second-order valence-corrected chi connectivity index (χ2v) is 4.50. The zero-order valence-electron chi connectivity index (χ0n) is 11.0. The van der Waals surface area contributed by atoms with Gasteiger partial charge < -0.3 is 20.5 Å². The molecular weight excluding hydrogens is 246 g/mol. The average Bonchev–Trinajstić information content (AvgIpc) is 2.92. The van der Waals surface area contributed by atoms with E-state index < -0.39 is 5.97 Å². The quantitative estimate of drug-likeness (QED) is 0.783. The number of hydrogen-bond donors (Lipinski definition) is 2. The van der Waals surface area contributed by atoms with Crippen LogP contribution in [0.2, 0.25) is 0 Å². The van der Waals surface area contributed by atoms with E-state index >= 15 is 0 Å². The number of anilines is 2. The van der Waals surface area contributed by atoms with Gasteiger partial charge in [0.05, 0.1) is 30.7 Å². The molecule has 0 spiro atoms. The largest absolute Gasteiger partial charge is 0.465 e. The first kappa shape index (κ1) is 13.6. The molecule has 1 unspecified atom stereocenters. The second-order valence-electron chi connectivity index (χ2n) is 4.50. The van der Waals surface area contributed by atoms with Gasteiger partial charge in [-0.25, -0.2) is 9.78 Å². The van der Waals surface area contributed by atoms with Crippen LogP contribution in [0.5, 0.6) is 0 Å². The molecule has 2 heterocycles. The maximum absolute atomic E-state index is 11.6. The fraction of sp³-hybridized carbons (Fsp3) is 0.538. The molecule has 0 bridgehead atoms. The number of rotatable bonds is 5. The maximum Gasteiger partial charge on any atom is 0.340 e. The minimum atomic E-state index is -0.422. The molecule has 19 heavy (non-hydrogen) atoms. The zero-order valence-corrected chi connectivity index (χ0v) is 11.0. The van der Waals surface area contributed by atoms with Gasteiger partial charge >= 0.3 is 5.97 Å². The molecule has 1 saturated heterocycles. The van der Waals surface area contributed by atoms with Crippen LogP contribution in [-0.4, -0.2) is 37.3 Å². The molecule has 1 aromatic rings. The third kappa shape index (κ3) is 3.57. The van der Waals surface area contributed by atoms with Crippen molar-refractivity contribution in [2.24, 2.45) is 0 Å². The van der Waals surface area contributed by atoms with Crippen LogP contribution in [0.1, 0.15) is 29.6 Å². The number of carbonyl (C=O) groups is 1. The Hall–Kier alpha value is -1.82. The number of nitrogens with zero attached hydrogens (tertiary/aromatic N) is 1. The molecule has 104 valence electrons. The lowest BCUT2D eigenvalue weighted by Gasteiger charge is -2.13. The molecule has 6 nitrogen and oxygen atoms in total. The van der Waals surface area contributed by atoms with Crippen molar-refractivity contribution >= 4 is 17.5 Å². The Morgan fingerprint density at radius 2 is 2.53 bits per heavy atom. The van der Waals surface area contributed by atoms with Gasteiger partial charge in [0.2, 0.25) is 0 Å². The Bertz CT molecular complexity index is 445. The molecule has 1 aliphatic rings. The van der Waals surface area contributed by atoms with Crippen molar-refractivity contribution in [2.75, 3.05) is 31.3 Å². The summed E-state index contributed by atoms with van der Waals surface area (Å²) in [5, 5.41) is 3.18. The molecular formula is C13H19N3O3. The molecule has 1 aliphatic heterocycles. The first-order chi connectivity index (χ1) is 9.20. The van der Waals surface area contributed by atoms with E-state index in [1.807, 2.05) is 0 Å². The predicted molar refractivity (Wildman–Crippen MR) is 72.1 cm³/mol. The van der Waals surface area contributed by atoms with Gasteiger partial charge in [-0.3, -0.25) is 0 Å². The van der Waals surface area contributed by atoms with Crippen molar-refractivity contribution in [1.29, 1.82) is 0 Å². The van der Waals surface area contributed by atoms with E-state index in [9.17, 15) is 4.79 Å². The third-order valence-electron chi connectivity index (χ3n) is 3.14. The molecule has 0 amide bonds. The van der Waals surface area contributed by atoms with E-state index in [2.05, 4.69) is 10.3 Å². The number of nitrogens with one attached hydrogen (secondary N) is 1. The number of ether oxygens (including phenoxy) is 2. The molecule has 0 aliphatic carbocycles. The van der Waals surface area contributed by atoms with Crippen molar-refractivity contribution in [3.8, 4) is 0 Å². The van der Waals surface area contributed by atoms with Crippen LogP contribution in [0.3, 0.4) is 0 Å². The molecule has 2 rings (SSSR count). The Morgan fingerprint density at radius 1 is 1.68 bits per heavy atom. The molecule has 0 saturated carbocycles. The number of esters is 1. The van der Waals surface area contributed by atoms with E-state index in [0.29, 0.717) is 23.2 Å². The minimum absolute atomic E-state index is 0.296. The summed E-state index contributed by atoms with van der Waals surface area (Å²) in [5.74, 6) is -0.126. The second kappa shape index (κ2) is 6.38. The number of pyridine rings is 1. The van der Waals surface area contributed by atoms with Crippen molar-refractivity contribution in [1.82, 2.24) is 4.98 Å². The molecule has 6 heteroatoms. The highest BCUT2D eigenvalue weighted by molar-refractivity contribution is 5.96. The van der Waals surface area contributed by atoms with Crippen LogP contribution in [0.15, 0.2) is 12.3 Å². The van der Waals surface area contributed by atoms with E-state index in [1.165, 1.54) is 13.2 Å². The van der Waals surface area contributed by atoms with Crippen LogP contribution >= 0.6 is 0 Å². The summed E-state index contributed by atoms with van der Waals surface area (Å²) in [6.07, 6.45) is 5.01. The molecule has 1 atom stereocenters. The highest BCUT2D eigenvalue weighted by Gasteiger charge is 2.16. The predicted octanol–water partition coefficient (Wildman–Crippen LogP) is 1.43. The summed E-state index contributed by atoms with van der Waals surface area (Å²) in [6, 6.07) is 1.51. The molecule has 3 N–H and O–H groups in total. The smallest absolute Gasteiger partial charge is 0.340 e. The highest BCUT2D eigenvalue weighted by atomic mass is 16.5. The van der Waals surface area contributed by atoms with Crippen molar-refractivity contribution in [2.45, 2.75) is 25.4 Å². The summed E-state index contributed by atoms with van der Waals surface area (Å²) in [7, 11) is 1.34. The van der Waals surface area contributed by atoms with Gasteiger partial charge in [-0.2, -0.15) is 0 Å². The maximum atomic E-state index is 11.6. The number of nitrogens with two attached hydrogens (primary N) is 1. The van der Waals surface area contributed by atoms with Gasteiger partial charge in [-0.1, -0.05) is 0 Å². The number of carbonyl (C=O) groups excluding carboxylic acids is 1. The Labute approximate surface area is 112 Å². The molecule has 1 fully saturated rings. The normalized spacial score (nSPS) is 18.3. The van der Waals surface area contributed by atoms with Gasteiger partial charge in [0.15, 0.2) is 0 Å². The topological polar surface area (TPSA) is 86.5 Å². The zero-order chi connectivity index (χ0) is 13.7. The van der Waals surface area contributed by atoms with E-state index in [0.717, 1.165) is 32.4 Å². The average molecular weight is 265 g/mol. The van der Waals surface area contributed by atoms with Crippen molar-refractivity contribution < 1.29 is 14.3 Å². The summed E-state index contributed by atoms with van der Waals surface area (Å²) in [6.45, 7) is 1.57. The molecule has 0 radical (unpaired) electrons. The lowest BCUT2D eigenvalue weighted by atomic mass is 10.1. The van der Waals surface area contributed by atoms with Crippen molar-refractivity contribution in [3.63, 3.8) is 0 Å². The van der Waals surface area contributed by atoms with Gasteiger partial charge in [-0.15, -0.1) is 0 Å². The fourth-order valence-electron chi connectivity index (χ4n) is 2.13. The van der Waals surface area contributed by atoms with E-state index in [1.54, 1.807) is 6.20 Å². The Kier molecular flexibility index (Phi) is 4.57. The van der Waals surface area contributed by atoms with Crippen molar-refractivity contribution in [3.05, 3.63) is 17.8 Å². The standard InChI is InChI=1S/C13H19N3O3/c1-18-13(17)10-7-12(14)16-8-11(10)15-5-4-9-3-2-6-19-9/h7-9,15H,2-6H2,1H3,(H2,14,16). The summed E-state index contributed by atoms with van der Waals surface area (Å²) in [4.78, 5) is 15.6. The molecule has 0 aromatic carbocycles. The van der Waals surface area contributed by atoms with Gasteiger partial charge in [-0.05, 0) is 25.3 Å². The summed E-state index contributed by atoms with van der Waals surface area (Å²) in [5.41, 5.74) is 6.62. The highest BCUT2D eigenvalue weighted by Crippen LogP contribution is 2.19. The van der Waals surface area contributed by atoms with Crippen LogP contribution < -0.4 is 11.1 Å². The van der Waals surface area contributed by atoms with Gasteiger partial charge in [0, 0.05) is 13.2 Å². The molecule has 1 aromatic heterocycles. The first-order valence-electron chi connectivity index (χ1n) is 6.40. The number of nitrogen functional groups attached to an aromatic ring is 1. The van der Waals surface area contributed by atoms with Gasteiger partial charge in [0.25, 0.3) is 0 Å². The Balaban J connectivity index is 1.96. The SMILES string of the molecule is COC(=O)c1cc(N)ncc1NCCC1CCCO1. The monoisotopic (exact) mass is 265 g/mol. The van der Waals surface area contributed by atoms with E-state index in [4.69, 9.17) is 15.2 Å². The van der Waals surface area contributed by atoms with Gasteiger partial charge in [0.1, 0.15) is 5.82 Å². The van der Waals surface area contributed by atoms with Crippen LogP contribution in [0.25, 0.3) is 0 Å². The minimum Gasteiger partial charge on any atom is -0.465 e. The Morgan fingerprint density at radius 3 is 3.21 bits per heavy atom. The van der Waals surface area contributed by atoms with Crippen LogP contribution in [0.4, 0.5) is 11.5 Å². The summed E-state index contributed by atoms with van der Waals surface area (Å²) >= 11 is 0. The summed E-state index contributed by atoms with van der Waals surface area (Å²) < 4.78 is 10.3. The third-order valence-corrected chi connectivity index (χ3v) is 3.14. The number of methoxy groups -OCH3 is 1.